The van der Waals surface area contributed by atoms with Gasteiger partial charge in [0.05, 0.1) is 5.56 Å². The highest BCUT2D eigenvalue weighted by atomic mass is 16.4. The van der Waals surface area contributed by atoms with Crippen molar-refractivity contribution in [3.8, 4) is 45.6 Å². The Kier molecular flexibility index (Phi) is 7.27. The van der Waals surface area contributed by atoms with E-state index in [1.807, 2.05) is 0 Å². The Morgan fingerprint density at radius 2 is 0.982 bits per heavy atom. The van der Waals surface area contributed by atoms with Crippen LogP contribution in [0.2, 0.25) is 0 Å². The summed E-state index contributed by atoms with van der Waals surface area (Å²) in [6.45, 7) is 19.7. The van der Waals surface area contributed by atoms with Crippen molar-refractivity contribution < 1.29 is 9.90 Å². The van der Waals surface area contributed by atoms with Gasteiger partial charge in [-0.2, -0.15) is 0 Å². The van der Waals surface area contributed by atoms with Crippen LogP contribution in [0.15, 0.2) is 72.8 Å². The van der Waals surface area contributed by atoms with Crippen molar-refractivity contribution in [3.63, 3.8) is 0 Å². The quantitative estimate of drug-likeness (QED) is 0.151. The number of fused-ring (bicyclic) bond motifs is 20. The van der Waals surface area contributed by atoms with Crippen LogP contribution in [-0.4, -0.2) is 50.9 Å². The third-order valence-electron chi connectivity index (χ3n) is 10.6. The first kappa shape index (κ1) is 34.5. The number of hydrogen-bond acceptors (Lipinski definition) is 7. The Morgan fingerprint density at radius 3 is 1.51 bits per heavy atom. The van der Waals surface area contributed by atoms with E-state index in [9.17, 15) is 9.90 Å². The van der Waals surface area contributed by atoms with Gasteiger partial charge in [0.15, 0.2) is 23.3 Å². The molecule has 274 valence electrons. The predicted molar refractivity (Wildman–Crippen MR) is 219 cm³/mol. The monoisotopic (exact) mass is 726 g/mol. The molecule has 2 aliphatic rings. The molecule has 0 radical (unpaired) electrons. The topological polar surface area (TPSA) is 146 Å². The fraction of sp³-hybridized carbons (Fsp3) is 0.267. The molecule has 55 heavy (non-hydrogen) atoms. The van der Waals surface area contributed by atoms with E-state index in [2.05, 4.69) is 127 Å². The molecule has 0 spiro atoms. The second-order valence-corrected chi connectivity index (χ2v) is 17.7. The summed E-state index contributed by atoms with van der Waals surface area (Å²) < 4.78 is 0. The van der Waals surface area contributed by atoms with Gasteiger partial charge in [-0.25, -0.2) is 34.7 Å². The van der Waals surface area contributed by atoms with E-state index in [0.29, 0.717) is 57.0 Å². The maximum absolute atomic E-state index is 12.2. The molecule has 7 aromatic rings. The maximum atomic E-state index is 12.2. The van der Waals surface area contributed by atoms with E-state index in [0.717, 1.165) is 49.4 Å². The number of H-pyrrole nitrogens is 2. The van der Waals surface area contributed by atoms with Crippen LogP contribution < -0.4 is 0 Å². The van der Waals surface area contributed by atoms with E-state index in [4.69, 9.17) is 29.9 Å². The molecule has 10 heteroatoms. The van der Waals surface area contributed by atoms with Crippen LogP contribution in [0.25, 0.3) is 89.7 Å². The van der Waals surface area contributed by atoms with Crippen molar-refractivity contribution >= 4 is 50.1 Å². The predicted octanol–water partition coefficient (Wildman–Crippen LogP) is 10.5. The van der Waals surface area contributed by atoms with Gasteiger partial charge in [0.2, 0.25) is 0 Å². The molecular formula is C45H42N8O2. The number of carboxylic acid groups (broad SMARTS) is 1. The fourth-order valence-corrected chi connectivity index (χ4v) is 7.53. The van der Waals surface area contributed by atoms with E-state index in [-0.39, 0.29) is 21.8 Å². The van der Waals surface area contributed by atoms with Crippen molar-refractivity contribution in [2.24, 2.45) is 0 Å². The number of hydrogen-bond donors (Lipinski definition) is 3. The number of benzene rings is 4. The number of nitrogens with zero attached hydrogens (tertiary/aromatic N) is 6. The molecule has 0 saturated heterocycles. The molecule has 2 aliphatic heterocycles. The van der Waals surface area contributed by atoms with E-state index in [1.165, 1.54) is 0 Å². The maximum Gasteiger partial charge on any atom is 0.335 e. The minimum atomic E-state index is -1.04. The molecule has 0 saturated carbocycles. The van der Waals surface area contributed by atoms with Crippen molar-refractivity contribution in [2.45, 2.75) is 78.6 Å². The fourth-order valence-electron chi connectivity index (χ4n) is 7.53. The number of carboxylic acids is 1. The molecule has 10 nitrogen and oxygen atoms in total. The van der Waals surface area contributed by atoms with Crippen LogP contribution in [0.1, 0.15) is 89.4 Å². The molecule has 8 bridgehead atoms. The minimum Gasteiger partial charge on any atom is -0.478 e. The number of carbonyl (C=O) groups is 1. The third-order valence-corrected chi connectivity index (χ3v) is 10.6. The Bertz CT molecular complexity index is 2970. The molecule has 3 N–H and O–H groups in total. The van der Waals surface area contributed by atoms with Gasteiger partial charge in [0, 0.05) is 43.8 Å². The first-order valence-electron chi connectivity index (χ1n) is 18.6. The zero-order valence-corrected chi connectivity index (χ0v) is 32.5. The Labute approximate surface area is 318 Å². The molecule has 0 unspecified atom stereocenters. The van der Waals surface area contributed by atoms with Crippen LogP contribution in [0.5, 0.6) is 0 Å². The van der Waals surface area contributed by atoms with Crippen molar-refractivity contribution in [1.82, 2.24) is 39.9 Å². The molecule has 0 amide bonds. The zero-order chi connectivity index (χ0) is 38.8. The van der Waals surface area contributed by atoms with E-state index < -0.39 is 5.97 Å². The lowest BCUT2D eigenvalue weighted by atomic mass is 9.82. The number of aromatic carboxylic acids is 1. The molecule has 3 aromatic heterocycles. The first-order valence-corrected chi connectivity index (χ1v) is 18.6. The van der Waals surface area contributed by atoms with Gasteiger partial charge in [0.1, 0.15) is 22.6 Å². The number of rotatable bonds is 1. The lowest BCUT2D eigenvalue weighted by Crippen LogP contribution is -2.12. The standard InChI is InChI=1S/C45H42N8O2/c1-43(2,3)23-14-17-26-30(20-23)39-49-34-25-16-13-22(42(54)55)19-29(25)38(47-34)48-36-27-18-15-24(44(4,5)6)21-31(27)40(51-36)53-41-33-28(37(52-41)46-35(26)50-39)11-10-12-32(33)45(7,8)9/h10-21H,1-9H3,(H,54,55)(H2,46,47,48,49,50,51,52,53). The minimum absolute atomic E-state index is 0.117. The lowest BCUT2D eigenvalue weighted by Gasteiger charge is -2.22. The van der Waals surface area contributed by atoms with Gasteiger partial charge >= 0.3 is 5.97 Å². The van der Waals surface area contributed by atoms with Crippen LogP contribution in [-0.2, 0) is 16.2 Å². The largest absolute Gasteiger partial charge is 0.478 e. The lowest BCUT2D eigenvalue weighted by molar-refractivity contribution is 0.0697. The van der Waals surface area contributed by atoms with Gasteiger partial charge in [0.25, 0.3) is 0 Å². The second-order valence-electron chi connectivity index (χ2n) is 17.7. The summed E-state index contributed by atoms with van der Waals surface area (Å²) in [7, 11) is 0. The second kappa shape index (κ2) is 11.6. The van der Waals surface area contributed by atoms with Gasteiger partial charge in [-0.1, -0.05) is 105 Å². The molecule has 0 aliphatic carbocycles. The Hall–Kier alpha value is -6.29. The van der Waals surface area contributed by atoms with E-state index >= 15 is 0 Å². The molecule has 5 heterocycles. The van der Waals surface area contributed by atoms with Crippen LogP contribution in [0.4, 0.5) is 0 Å². The average molecular weight is 727 g/mol. The number of aromatic amines is 2. The van der Waals surface area contributed by atoms with Gasteiger partial charge in [-0.15, -0.1) is 0 Å². The van der Waals surface area contributed by atoms with Crippen molar-refractivity contribution in [2.75, 3.05) is 0 Å². The Morgan fingerprint density at radius 1 is 0.491 bits per heavy atom. The van der Waals surface area contributed by atoms with Crippen LogP contribution in [0.3, 0.4) is 0 Å². The summed E-state index contributed by atoms with van der Waals surface area (Å²) in [6, 6.07) is 23.9. The van der Waals surface area contributed by atoms with Crippen molar-refractivity contribution in [1.29, 1.82) is 0 Å². The number of aromatic nitrogens is 8. The molecule has 0 atom stereocenters. The molecule has 9 rings (SSSR count). The van der Waals surface area contributed by atoms with E-state index in [1.54, 1.807) is 18.2 Å². The summed E-state index contributed by atoms with van der Waals surface area (Å²) in [6.07, 6.45) is 0. The zero-order valence-electron chi connectivity index (χ0n) is 32.5. The number of nitrogens with one attached hydrogen (secondary N) is 2. The highest BCUT2D eigenvalue weighted by Gasteiger charge is 2.29. The highest BCUT2D eigenvalue weighted by molar-refractivity contribution is 6.07. The SMILES string of the molecule is CC(C)(C)c1ccc2c3nc4nc(nc5[nH]c(nc6nc(nc([nH]3)c2c1)-c1ccc(C(=O)O)cc1-6)c1ccc(C(C)(C)C)cc51)-c1c-4cccc1C(C)(C)C. The van der Waals surface area contributed by atoms with Crippen LogP contribution in [0, 0.1) is 0 Å². The summed E-state index contributed by atoms with van der Waals surface area (Å²) in [5.74, 6) is 0.843. The molecule has 4 aromatic carbocycles. The molecular weight excluding hydrogens is 685 g/mol. The summed E-state index contributed by atoms with van der Waals surface area (Å²) in [5, 5.41) is 13.5. The average Bonchev–Trinajstić information content (AvgIpc) is 3.85. The summed E-state index contributed by atoms with van der Waals surface area (Å²) >= 11 is 0. The molecule has 0 fully saturated rings. The van der Waals surface area contributed by atoms with Gasteiger partial charge < -0.3 is 15.1 Å². The summed E-state index contributed by atoms with van der Waals surface area (Å²) in [4.78, 5) is 50.2. The van der Waals surface area contributed by atoms with Crippen molar-refractivity contribution in [3.05, 3.63) is 95.1 Å². The third kappa shape index (κ3) is 5.66. The van der Waals surface area contributed by atoms with Gasteiger partial charge in [-0.3, -0.25) is 0 Å². The smallest absolute Gasteiger partial charge is 0.335 e. The Balaban J connectivity index is 1.49. The highest BCUT2D eigenvalue weighted by Crippen LogP contribution is 2.42. The van der Waals surface area contributed by atoms with Gasteiger partial charge in [-0.05, 0) is 63.3 Å². The summed E-state index contributed by atoms with van der Waals surface area (Å²) in [5.41, 5.74) is 8.55. The normalized spacial score (nSPS) is 13.0. The van der Waals surface area contributed by atoms with Crippen LogP contribution >= 0.6 is 0 Å². The first-order chi connectivity index (χ1) is 25.9.